The molecule has 1 fully saturated rings. The van der Waals surface area contributed by atoms with Gasteiger partial charge in [-0.3, -0.25) is 0 Å². The maximum atomic E-state index is 9.29. The quantitative estimate of drug-likeness (QED) is 0.647. The van der Waals surface area contributed by atoms with Crippen LogP contribution in [0.2, 0.25) is 0 Å². The molecule has 1 N–H and O–H groups in total. The van der Waals surface area contributed by atoms with Crippen molar-refractivity contribution in [3.05, 3.63) is 24.5 Å². The van der Waals surface area contributed by atoms with Crippen LogP contribution in [0.25, 0.3) is 0 Å². The lowest BCUT2D eigenvalue weighted by molar-refractivity contribution is 0.178. The predicted octanol–water partition coefficient (Wildman–Crippen LogP) is 1.57. The van der Waals surface area contributed by atoms with Crippen molar-refractivity contribution in [2.75, 3.05) is 0 Å². The summed E-state index contributed by atoms with van der Waals surface area (Å²) in [6, 6.07) is 4.61. The molecule has 0 saturated heterocycles. The minimum Gasteiger partial charge on any atom is -0.393 e. The van der Waals surface area contributed by atoms with E-state index in [2.05, 4.69) is 17.0 Å². The first kappa shape index (κ1) is 6.92. The molecule has 2 rings (SSSR count). The van der Waals surface area contributed by atoms with Crippen LogP contribution in [0, 0.1) is 0 Å². The van der Waals surface area contributed by atoms with Crippen LogP contribution in [-0.4, -0.2) is 15.8 Å². The number of aliphatic hydroxyl groups is 1. The molecule has 0 radical (unpaired) electrons. The molecule has 60 valence electrons. The SMILES string of the molecule is OC1CCC(n2cccc2)C1. The Morgan fingerprint density at radius 1 is 1.18 bits per heavy atom. The van der Waals surface area contributed by atoms with Gasteiger partial charge in [0, 0.05) is 18.4 Å². The Labute approximate surface area is 66.5 Å². The van der Waals surface area contributed by atoms with Gasteiger partial charge in [-0.1, -0.05) is 0 Å². The van der Waals surface area contributed by atoms with E-state index in [0.717, 1.165) is 19.3 Å². The van der Waals surface area contributed by atoms with Crippen molar-refractivity contribution in [2.45, 2.75) is 31.4 Å². The van der Waals surface area contributed by atoms with Crippen molar-refractivity contribution < 1.29 is 5.11 Å². The molecule has 2 unspecified atom stereocenters. The van der Waals surface area contributed by atoms with Crippen LogP contribution in [0.15, 0.2) is 24.5 Å². The number of hydrogen-bond donors (Lipinski definition) is 1. The molecule has 1 aliphatic carbocycles. The lowest BCUT2D eigenvalue weighted by atomic mass is 10.2. The van der Waals surface area contributed by atoms with Crippen LogP contribution in [0.3, 0.4) is 0 Å². The molecule has 1 aromatic rings. The van der Waals surface area contributed by atoms with Crippen molar-refractivity contribution in [1.82, 2.24) is 4.57 Å². The fourth-order valence-electron chi connectivity index (χ4n) is 1.80. The lowest BCUT2D eigenvalue weighted by Crippen LogP contribution is -2.04. The zero-order valence-electron chi connectivity index (χ0n) is 6.48. The largest absolute Gasteiger partial charge is 0.393 e. The lowest BCUT2D eigenvalue weighted by Gasteiger charge is -2.10. The maximum absolute atomic E-state index is 9.29. The second kappa shape index (κ2) is 2.70. The summed E-state index contributed by atoms with van der Waals surface area (Å²) < 4.78 is 2.19. The molecule has 0 aliphatic heterocycles. The van der Waals surface area contributed by atoms with Gasteiger partial charge in [-0.25, -0.2) is 0 Å². The minimum absolute atomic E-state index is 0.0672. The Hall–Kier alpha value is -0.760. The Morgan fingerprint density at radius 2 is 1.91 bits per heavy atom. The van der Waals surface area contributed by atoms with E-state index in [9.17, 15) is 5.11 Å². The fraction of sp³-hybridized carbons (Fsp3) is 0.556. The summed E-state index contributed by atoms with van der Waals surface area (Å²) in [5.74, 6) is 0. The summed E-state index contributed by atoms with van der Waals surface area (Å²) in [6.45, 7) is 0. The molecule has 1 heterocycles. The van der Waals surface area contributed by atoms with Gasteiger partial charge < -0.3 is 9.67 Å². The van der Waals surface area contributed by atoms with Crippen molar-refractivity contribution in [3.8, 4) is 0 Å². The van der Waals surface area contributed by atoms with Crippen LogP contribution in [0.4, 0.5) is 0 Å². The minimum atomic E-state index is -0.0672. The average molecular weight is 151 g/mol. The summed E-state index contributed by atoms with van der Waals surface area (Å²) in [5.41, 5.74) is 0. The molecule has 1 saturated carbocycles. The highest BCUT2D eigenvalue weighted by atomic mass is 16.3. The molecule has 2 atom stereocenters. The monoisotopic (exact) mass is 151 g/mol. The van der Waals surface area contributed by atoms with Crippen molar-refractivity contribution in [1.29, 1.82) is 0 Å². The van der Waals surface area contributed by atoms with Gasteiger partial charge in [0.25, 0.3) is 0 Å². The van der Waals surface area contributed by atoms with Gasteiger partial charge in [-0.15, -0.1) is 0 Å². The summed E-state index contributed by atoms with van der Waals surface area (Å²) in [4.78, 5) is 0. The third kappa shape index (κ3) is 1.31. The van der Waals surface area contributed by atoms with E-state index in [1.54, 1.807) is 0 Å². The fourth-order valence-corrected chi connectivity index (χ4v) is 1.80. The highest BCUT2D eigenvalue weighted by Gasteiger charge is 2.22. The standard InChI is InChI=1S/C9H13NO/c11-9-4-3-8(7-9)10-5-1-2-6-10/h1-2,5-6,8-9,11H,3-4,7H2. The van der Waals surface area contributed by atoms with Crippen LogP contribution < -0.4 is 0 Å². The second-order valence-electron chi connectivity index (χ2n) is 3.25. The highest BCUT2D eigenvalue weighted by Crippen LogP contribution is 2.29. The molecule has 0 spiro atoms. The third-order valence-electron chi connectivity index (χ3n) is 2.43. The first-order chi connectivity index (χ1) is 5.36. The van der Waals surface area contributed by atoms with E-state index in [1.807, 2.05) is 12.1 Å². The molecule has 0 amide bonds. The van der Waals surface area contributed by atoms with Crippen molar-refractivity contribution >= 4 is 0 Å². The molecule has 1 aromatic heterocycles. The second-order valence-corrected chi connectivity index (χ2v) is 3.25. The van der Waals surface area contributed by atoms with E-state index >= 15 is 0 Å². The molecule has 2 nitrogen and oxygen atoms in total. The number of rotatable bonds is 1. The first-order valence-electron chi connectivity index (χ1n) is 4.17. The molecule has 0 aromatic carbocycles. The van der Waals surface area contributed by atoms with E-state index in [4.69, 9.17) is 0 Å². The van der Waals surface area contributed by atoms with E-state index in [1.165, 1.54) is 0 Å². The maximum Gasteiger partial charge on any atom is 0.0560 e. The zero-order valence-corrected chi connectivity index (χ0v) is 6.48. The molecule has 11 heavy (non-hydrogen) atoms. The van der Waals surface area contributed by atoms with Gasteiger partial charge >= 0.3 is 0 Å². The highest BCUT2D eigenvalue weighted by molar-refractivity contribution is 4.95. The predicted molar refractivity (Wildman–Crippen MR) is 43.3 cm³/mol. The van der Waals surface area contributed by atoms with Crippen LogP contribution in [0.1, 0.15) is 25.3 Å². The van der Waals surface area contributed by atoms with Gasteiger partial charge in [-0.2, -0.15) is 0 Å². The number of aromatic nitrogens is 1. The molecular formula is C9H13NO. The van der Waals surface area contributed by atoms with E-state index < -0.39 is 0 Å². The smallest absolute Gasteiger partial charge is 0.0560 e. The van der Waals surface area contributed by atoms with Crippen LogP contribution in [0.5, 0.6) is 0 Å². The number of aliphatic hydroxyl groups excluding tert-OH is 1. The molecule has 1 aliphatic rings. The Balaban J connectivity index is 2.08. The average Bonchev–Trinajstić information content (AvgIpc) is 2.55. The topological polar surface area (TPSA) is 25.2 Å². The normalized spacial score (nSPS) is 31.0. The van der Waals surface area contributed by atoms with Crippen LogP contribution in [-0.2, 0) is 0 Å². The molecule has 2 heteroatoms. The zero-order chi connectivity index (χ0) is 7.68. The summed E-state index contributed by atoms with van der Waals surface area (Å²) in [5, 5.41) is 9.29. The van der Waals surface area contributed by atoms with Gasteiger partial charge in [0.2, 0.25) is 0 Å². The first-order valence-corrected chi connectivity index (χ1v) is 4.17. The van der Waals surface area contributed by atoms with Gasteiger partial charge in [0.15, 0.2) is 0 Å². The van der Waals surface area contributed by atoms with E-state index in [0.29, 0.717) is 6.04 Å². The Kier molecular flexibility index (Phi) is 1.70. The Bertz CT molecular complexity index is 217. The summed E-state index contributed by atoms with van der Waals surface area (Å²) in [7, 11) is 0. The van der Waals surface area contributed by atoms with Crippen molar-refractivity contribution in [3.63, 3.8) is 0 Å². The Morgan fingerprint density at radius 3 is 2.45 bits per heavy atom. The third-order valence-corrected chi connectivity index (χ3v) is 2.43. The summed E-state index contributed by atoms with van der Waals surface area (Å²) >= 11 is 0. The van der Waals surface area contributed by atoms with Gasteiger partial charge in [0.05, 0.1) is 6.10 Å². The van der Waals surface area contributed by atoms with Crippen LogP contribution >= 0.6 is 0 Å². The van der Waals surface area contributed by atoms with E-state index in [-0.39, 0.29) is 6.10 Å². The van der Waals surface area contributed by atoms with Gasteiger partial charge in [-0.05, 0) is 31.4 Å². The summed E-state index contributed by atoms with van der Waals surface area (Å²) in [6.07, 6.45) is 7.08. The molecular weight excluding hydrogens is 138 g/mol. The van der Waals surface area contributed by atoms with Crippen molar-refractivity contribution in [2.24, 2.45) is 0 Å². The van der Waals surface area contributed by atoms with Gasteiger partial charge in [0.1, 0.15) is 0 Å². The number of nitrogens with zero attached hydrogens (tertiary/aromatic N) is 1. The number of hydrogen-bond acceptors (Lipinski definition) is 1. The molecule has 0 bridgehead atoms.